The SMILES string of the molecule is C=c1c2c(-c3c4n(c5nc6c(-c7c(C)cccc7C)cccc6n35)-c3ccc(-c5c(C)cccc5C)cc3C4)c3cc(-c4c(C)cccc4C)ccc3n2c2nc3c(-c4c(C)cccc4C)cccc3n12. The van der Waals surface area contributed by atoms with Crippen molar-refractivity contribution in [2.24, 2.45) is 0 Å². The lowest BCUT2D eigenvalue weighted by atomic mass is 9.93. The van der Waals surface area contributed by atoms with Gasteiger partial charge in [-0.2, -0.15) is 0 Å². The van der Waals surface area contributed by atoms with Crippen LogP contribution in [0.15, 0.2) is 146 Å². The fourth-order valence-electron chi connectivity index (χ4n) is 13.0. The largest absolute Gasteiger partial charge is 0.281 e. The molecule has 0 aliphatic carbocycles. The summed E-state index contributed by atoms with van der Waals surface area (Å²) in [4.78, 5) is 11.4. The summed E-state index contributed by atoms with van der Waals surface area (Å²) < 4.78 is 9.63. The number of aromatic nitrogens is 6. The van der Waals surface area contributed by atoms with Crippen LogP contribution in [0.2, 0.25) is 0 Å². The van der Waals surface area contributed by atoms with E-state index < -0.39 is 0 Å². The van der Waals surface area contributed by atoms with E-state index in [1.807, 2.05) is 0 Å². The highest BCUT2D eigenvalue weighted by Gasteiger charge is 2.34. The summed E-state index contributed by atoms with van der Waals surface area (Å²) >= 11 is 0. The summed E-state index contributed by atoms with van der Waals surface area (Å²) in [5.74, 6) is 1.77. The number of hydrogen-bond donors (Lipinski definition) is 0. The third-order valence-electron chi connectivity index (χ3n) is 16.0. The molecular formula is C65H52N6. The van der Waals surface area contributed by atoms with Crippen molar-refractivity contribution in [3.63, 3.8) is 0 Å². The number of para-hydroxylation sites is 2. The van der Waals surface area contributed by atoms with Gasteiger partial charge in [-0.1, -0.05) is 116 Å². The highest BCUT2D eigenvalue weighted by molar-refractivity contribution is 6.11. The van der Waals surface area contributed by atoms with Crippen LogP contribution in [0, 0.1) is 55.4 Å². The van der Waals surface area contributed by atoms with Crippen molar-refractivity contribution < 1.29 is 0 Å². The fourth-order valence-corrected chi connectivity index (χ4v) is 13.0. The van der Waals surface area contributed by atoms with Gasteiger partial charge >= 0.3 is 0 Å². The molecule has 0 fully saturated rings. The summed E-state index contributed by atoms with van der Waals surface area (Å²) in [5.41, 5.74) is 32.0. The van der Waals surface area contributed by atoms with Crippen LogP contribution in [0.5, 0.6) is 0 Å². The molecule has 0 bridgehead atoms. The van der Waals surface area contributed by atoms with E-state index in [0.717, 1.165) is 84.2 Å². The van der Waals surface area contributed by atoms with E-state index >= 15 is 0 Å². The van der Waals surface area contributed by atoms with Crippen molar-refractivity contribution in [1.82, 2.24) is 27.7 Å². The molecule has 14 rings (SSSR count). The number of hydrogen-bond acceptors (Lipinski definition) is 2. The second-order valence-corrected chi connectivity index (χ2v) is 20.3. The monoisotopic (exact) mass is 916 g/mol. The zero-order valence-electron chi connectivity index (χ0n) is 41.5. The van der Waals surface area contributed by atoms with Crippen molar-refractivity contribution >= 4 is 56.6 Å². The summed E-state index contributed by atoms with van der Waals surface area (Å²) in [6.07, 6.45) is 0.743. The molecule has 1 aliphatic heterocycles. The van der Waals surface area contributed by atoms with Gasteiger partial charge in [-0.25, -0.2) is 9.97 Å². The van der Waals surface area contributed by atoms with Crippen LogP contribution in [0.4, 0.5) is 0 Å². The average molecular weight is 917 g/mol. The van der Waals surface area contributed by atoms with E-state index in [9.17, 15) is 0 Å². The molecule has 0 amide bonds. The van der Waals surface area contributed by atoms with Crippen molar-refractivity contribution in [2.45, 2.75) is 61.8 Å². The Bertz CT molecular complexity index is 4460. The molecule has 0 spiro atoms. The molecule has 0 unspecified atom stereocenters. The van der Waals surface area contributed by atoms with Crippen LogP contribution in [0.3, 0.4) is 0 Å². The predicted molar refractivity (Wildman–Crippen MR) is 295 cm³/mol. The minimum absolute atomic E-state index is 0.743. The zero-order valence-corrected chi connectivity index (χ0v) is 41.5. The van der Waals surface area contributed by atoms with Gasteiger partial charge < -0.3 is 0 Å². The van der Waals surface area contributed by atoms with E-state index in [2.05, 4.69) is 219 Å². The van der Waals surface area contributed by atoms with Crippen LogP contribution in [-0.4, -0.2) is 27.7 Å². The van der Waals surface area contributed by atoms with Crippen molar-refractivity contribution in [2.75, 3.05) is 0 Å². The first-order chi connectivity index (χ1) is 34.5. The maximum Gasteiger partial charge on any atom is 0.220 e. The number of benzene rings is 8. The quantitative estimate of drug-likeness (QED) is 0.173. The normalized spacial score (nSPS) is 12.5. The smallest absolute Gasteiger partial charge is 0.220 e. The molecule has 5 aromatic heterocycles. The Hall–Kier alpha value is -8.48. The fraction of sp³-hybridized carbons (Fsp3) is 0.138. The maximum absolute atomic E-state index is 5.77. The Kier molecular flexibility index (Phi) is 8.63. The van der Waals surface area contributed by atoms with Crippen molar-refractivity contribution in [3.8, 4) is 61.5 Å². The molecule has 13 aromatic rings. The predicted octanol–water partition coefficient (Wildman–Crippen LogP) is 15.3. The van der Waals surface area contributed by atoms with Crippen LogP contribution in [0.25, 0.3) is 118 Å². The first kappa shape index (κ1) is 41.5. The second-order valence-electron chi connectivity index (χ2n) is 20.3. The van der Waals surface area contributed by atoms with Crippen molar-refractivity contribution in [1.29, 1.82) is 0 Å². The third kappa shape index (κ3) is 5.59. The summed E-state index contributed by atoms with van der Waals surface area (Å²) in [5, 5.41) is 2.06. The molecule has 0 saturated carbocycles. The molecule has 0 atom stereocenters. The molecule has 6 heteroatoms. The van der Waals surface area contributed by atoms with E-state index in [1.54, 1.807) is 0 Å². The third-order valence-corrected chi connectivity index (χ3v) is 16.0. The lowest BCUT2D eigenvalue weighted by Gasteiger charge is -2.12. The molecule has 71 heavy (non-hydrogen) atoms. The molecule has 0 N–H and O–H groups in total. The zero-order chi connectivity index (χ0) is 48.3. The summed E-state index contributed by atoms with van der Waals surface area (Å²) in [6.45, 7) is 22.8. The van der Waals surface area contributed by atoms with Gasteiger partial charge in [-0.15, -0.1) is 0 Å². The van der Waals surface area contributed by atoms with Gasteiger partial charge in [0, 0.05) is 28.5 Å². The molecule has 342 valence electrons. The van der Waals surface area contributed by atoms with Crippen LogP contribution in [0.1, 0.15) is 55.8 Å². The van der Waals surface area contributed by atoms with Crippen LogP contribution >= 0.6 is 0 Å². The van der Waals surface area contributed by atoms with E-state index in [0.29, 0.717) is 0 Å². The topological polar surface area (TPSA) is 43.9 Å². The average Bonchev–Trinajstić information content (AvgIpc) is 4.18. The van der Waals surface area contributed by atoms with Gasteiger partial charge in [0.15, 0.2) is 0 Å². The molecule has 6 nitrogen and oxygen atoms in total. The maximum atomic E-state index is 5.77. The number of rotatable bonds is 5. The Labute approximate surface area is 412 Å². The van der Waals surface area contributed by atoms with Crippen LogP contribution in [-0.2, 0) is 6.42 Å². The van der Waals surface area contributed by atoms with Crippen molar-refractivity contribution in [3.05, 3.63) is 207 Å². The van der Waals surface area contributed by atoms with Crippen LogP contribution < -0.4 is 5.35 Å². The van der Waals surface area contributed by atoms with Gasteiger partial charge in [-0.05, 0) is 175 Å². The second kappa shape index (κ2) is 14.8. The molecule has 0 radical (unpaired) electrons. The first-order valence-electron chi connectivity index (χ1n) is 24.8. The summed E-state index contributed by atoms with van der Waals surface area (Å²) in [6, 6.07) is 53.8. The number of imidazole rings is 4. The molecule has 6 heterocycles. The van der Waals surface area contributed by atoms with E-state index in [1.165, 1.54) is 94.8 Å². The Morgan fingerprint density at radius 3 is 1.44 bits per heavy atom. The van der Waals surface area contributed by atoms with E-state index in [4.69, 9.17) is 16.5 Å². The Balaban J connectivity index is 1.14. The number of fused-ring (bicyclic) bond motifs is 14. The minimum Gasteiger partial charge on any atom is -0.281 e. The molecular weight excluding hydrogens is 865 g/mol. The van der Waals surface area contributed by atoms with Gasteiger partial charge in [-0.3, -0.25) is 17.8 Å². The Morgan fingerprint density at radius 2 is 0.887 bits per heavy atom. The van der Waals surface area contributed by atoms with Gasteiger partial charge in [0.05, 0.1) is 55.5 Å². The highest BCUT2D eigenvalue weighted by Crippen LogP contribution is 2.48. The van der Waals surface area contributed by atoms with Gasteiger partial charge in [0.2, 0.25) is 11.6 Å². The minimum atomic E-state index is 0.743. The molecule has 8 aromatic carbocycles. The number of aryl methyl sites for hydroxylation is 8. The molecule has 1 aliphatic rings. The Morgan fingerprint density at radius 1 is 0.423 bits per heavy atom. The lowest BCUT2D eigenvalue weighted by Crippen LogP contribution is -2.07. The number of nitrogens with zero attached hydrogens (tertiary/aromatic N) is 6. The standard InChI is InChI=1S/C65H52N6/c1-35-16-10-17-36(2)55(35)44-28-30-50-46(32-44)34-54-63(71-53-27-15-25-48(61(53)67-65(71)69(50)54)58-41(7)22-13-23-42(58)8)59-49-33-45(56-37(3)18-11-19-38(56)4)29-31-51(49)70-62(59)43(9)68-52-26-14-24-47(60(52)66-64(68)70)57-39(5)20-12-21-40(57)6/h10-33H,9,34H2,1-8H3. The van der Waals surface area contributed by atoms with Gasteiger partial charge in [0.25, 0.3) is 0 Å². The van der Waals surface area contributed by atoms with Gasteiger partial charge in [0.1, 0.15) is 0 Å². The highest BCUT2D eigenvalue weighted by atomic mass is 15.2. The molecule has 0 saturated heterocycles. The first-order valence-corrected chi connectivity index (χ1v) is 24.8. The summed E-state index contributed by atoms with van der Waals surface area (Å²) in [7, 11) is 0. The lowest BCUT2D eigenvalue weighted by molar-refractivity contribution is 1.06. The van der Waals surface area contributed by atoms with E-state index in [-0.39, 0.29) is 0 Å².